The van der Waals surface area contributed by atoms with E-state index in [0.717, 1.165) is 11.3 Å². The van der Waals surface area contributed by atoms with Gasteiger partial charge in [-0.2, -0.15) is 0 Å². The van der Waals surface area contributed by atoms with Gasteiger partial charge < -0.3 is 5.11 Å². The summed E-state index contributed by atoms with van der Waals surface area (Å²) in [7, 11) is 0. The number of halogens is 2. The molecule has 88 valence electrons. The highest BCUT2D eigenvalue weighted by Crippen LogP contribution is 2.34. The molecule has 0 bridgehead atoms. The molecule has 1 aromatic heterocycles. The van der Waals surface area contributed by atoms with Gasteiger partial charge in [-0.15, -0.1) is 11.3 Å². The third-order valence-electron chi connectivity index (χ3n) is 2.11. The quantitative estimate of drug-likeness (QED) is 0.904. The van der Waals surface area contributed by atoms with Crippen LogP contribution in [0.1, 0.15) is 14.7 Å². The first-order valence-electron chi connectivity index (χ1n) is 4.65. The van der Waals surface area contributed by atoms with Gasteiger partial charge in [0.05, 0.1) is 15.7 Å². The predicted molar refractivity (Wildman–Crippen MR) is 69.3 cm³/mol. The summed E-state index contributed by atoms with van der Waals surface area (Å²) in [4.78, 5) is 15.5. The first-order valence-corrected chi connectivity index (χ1v) is 6.22. The van der Waals surface area contributed by atoms with Crippen molar-refractivity contribution in [3.8, 4) is 11.3 Å². The number of aromatic nitrogens is 1. The number of aryl methyl sites for hydroxylation is 1. The van der Waals surface area contributed by atoms with Gasteiger partial charge in [-0.05, 0) is 25.1 Å². The van der Waals surface area contributed by atoms with E-state index in [9.17, 15) is 4.79 Å². The molecule has 3 nitrogen and oxygen atoms in total. The fourth-order valence-corrected chi connectivity index (χ4v) is 2.71. The van der Waals surface area contributed by atoms with Crippen molar-refractivity contribution >= 4 is 40.5 Å². The van der Waals surface area contributed by atoms with Crippen LogP contribution in [-0.2, 0) is 0 Å². The van der Waals surface area contributed by atoms with Gasteiger partial charge in [0.15, 0.2) is 0 Å². The number of hydrogen-bond donors (Lipinski definition) is 1. The lowest BCUT2D eigenvalue weighted by atomic mass is 10.1. The Morgan fingerprint density at radius 1 is 1.41 bits per heavy atom. The molecule has 0 fully saturated rings. The molecule has 0 spiro atoms. The molecule has 6 heteroatoms. The van der Waals surface area contributed by atoms with E-state index in [2.05, 4.69) is 4.98 Å². The number of nitrogens with zero attached hydrogens (tertiary/aromatic N) is 1. The maximum Gasteiger partial charge on any atom is 0.348 e. The summed E-state index contributed by atoms with van der Waals surface area (Å²) in [5.74, 6) is -1.00. The van der Waals surface area contributed by atoms with E-state index in [0.29, 0.717) is 26.3 Å². The molecule has 1 N–H and O–H groups in total. The second-order valence-electron chi connectivity index (χ2n) is 3.34. The topological polar surface area (TPSA) is 50.2 Å². The number of carbonyl (C=O) groups is 1. The van der Waals surface area contributed by atoms with E-state index in [4.69, 9.17) is 28.3 Å². The summed E-state index contributed by atoms with van der Waals surface area (Å²) in [6.07, 6.45) is 0. The van der Waals surface area contributed by atoms with Crippen LogP contribution in [0.2, 0.25) is 10.0 Å². The molecule has 1 heterocycles. The lowest BCUT2D eigenvalue weighted by Crippen LogP contribution is -1.95. The molecule has 2 rings (SSSR count). The number of thiazole rings is 1. The Balaban J connectivity index is 2.63. The minimum atomic E-state index is -1.00. The van der Waals surface area contributed by atoms with Gasteiger partial charge in [0.2, 0.25) is 0 Å². The maximum atomic E-state index is 11.1. The van der Waals surface area contributed by atoms with Gasteiger partial charge >= 0.3 is 5.97 Å². The Morgan fingerprint density at radius 3 is 2.71 bits per heavy atom. The second-order valence-corrected chi connectivity index (χ2v) is 5.39. The van der Waals surface area contributed by atoms with Crippen LogP contribution in [0.5, 0.6) is 0 Å². The summed E-state index contributed by atoms with van der Waals surface area (Å²) in [6, 6.07) is 4.90. The van der Waals surface area contributed by atoms with Crippen molar-refractivity contribution in [2.45, 2.75) is 6.92 Å². The number of aromatic carboxylic acids is 1. The van der Waals surface area contributed by atoms with Gasteiger partial charge in [-0.1, -0.05) is 23.2 Å². The monoisotopic (exact) mass is 287 g/mol. The molecule has 17 heavy (non-hydrogen) atoms. The van der Waals surface area contributed by atoms with E-state index < -0.39 is 5.97 Å². The zero-order valence-electron chi connectivity index (χ0n) is 8.70. The van der Waals surface area contributed by atoms with Gasteiger partial charge in [-0.3, -0.25) is 0 Å². The molecule has 0 saturated carbocycles. The van der Waals surface area contributed by atoms with E-state index in [-0.39, 0.29) is 4.88 Å². The highest BCUT2D eigenvalue weighted by molar-refractivity contribution is 7.14. The molecule has 0 saturated heterocycles. The molecule has 0 atom stereocenters. The highest BCUT2D eigenvalue weighted by atomic mass is 35.5. The molecular weight excluding hydrogens is 281 g/mol. The van der Waals surface area contributed by atoms with Crippen LogP contribution in [0.4, 0.5) is 0 Å². The average Bonchev–Trinajstić information content (AvgIpc) is 2.60. The van der Waals surface area contributed by atoms with Crippen molar-refractivity contribution in [1.82, 2.24) is 4.98 Å². The number of carboxylic acids is 1. The maximum absolute atomic E-state index is 11.1. The average molecular weight is 288 g/mol. The van der Waals surface area contributed by atoms with E-state index in [1.807, 2.05) is 0 Å². The Morgan fingerprint density at radius 2 is 2.12 bits per heavy atom. The minimum Gasteiger partial charge on any atom is -0.477 e. The molecule has 0 unspecified atom stereocenters. The van der Waals surface area contributed by atoms with Crippen molar-refractivity contribution in [3.05, 3.63) is 38.1 Å². The SMILES string of the molecule is Cc1nc(-c2ccc(Cl)cc2Cl)c(C(=O)O)s1. The van der Waals surface area contributed by atoms with Crippen molar-refractivity contribution in [2.24, 2.45) is 0 Å². The molecule has 0 aliphatic rings. The van der Waals surface area contributed by atoms with Gasteiger partial charge in [0, 0.05) is 10.6 Å². The van der Waals surface area contributed by atoms with E-state index in [1.165, 1.54) is 0 Å². The van der Waals surface area contributed by atoms with Crippen LogP contribution in [0.3, 0.4) is 0 Å². The number of hydrogen-bond acceptors (Lipinski definition) is 3. The number of carboxylic acid groups (broad SMARTS) is 1. The smallest absolute Gasteiger partial charge is 0.348 e. The normalized spacial score (nSPS) is 10.5. The van der Waals surface area contributed by atoms with Crippen LogP contribution in [0.15, 0.2) is 18.2 Å². The molecule has 0 amide bonds. The lowest BCUT2D eigenvalue weighted by Gasteiger charge is -2.02. The fraction of sp³-hybridized carbons (Fsp3) is 0.0909. The molecule has 0 aliphatic carbocycles. The minimum absolute atomic E-state index is 0.187. The Hall–Kier alpha value is -1.10. The van der Waals surface area contributed by atoms with Crippen molar-refractivity contribution in [1.29, 1.82) is 0 Å². The third kappa shape index (κ3) is 2.44. The van der Waals surface area contributed by atoms with Crippen LogP contribution in [-0.4, -0.2) is 16.1 Å². The Labute approximate surface area is 112 Å². The van der Waals surface area contributed by atoms with Gasteiger partial charge in [0.25, 0.3) is 0 Å². The molecule has 0 radical (unpaired) electrons. The molecule has 0 aliphatic heterocycles. The van der Waals surface area contributed by atoms with Crippen molar-refractivity contribution in [2.75, 3.05) is 0 Å². The van der Waals surface area contributed by atoms with Crippen LogP contribution < -0.4 is 0 Å². The van der Waals surface area contributed by atoms with Gasteiger partial charge in [-0.25, -0.2) is 9.78 Å². The predicted octanol–water partition coefficient (Wildman–Crippen LogP) is 4.12. The summed E-state index contributed by atoms with van der Waals surface area (Å²) >= 11 is 13.0. The third-order valence-corrected chi connectivity index (χ3v) is 3.62. The summed E-state index contributed by atoms with van der Waals surface area (Å²) in [5.41, 5.74) is 0.972. The zero-order valence-corrected chi connectivity index (χ0v) is 11.0. The Bertz CT molecular complexity index is 595. The molecule has 1 aromatic carbocycles. The molecular formula is C11H7Cl2NO2S. The van der Waals surface area contributed by atoms with Gasteiger partial charge in [0.1, 0.15) is 4.88 Å². The van der Waals surface area contributed by atoms with Crippen LogP contribution in [0, 0.1) is 6.92 Å². The summed E-state index contributed by atoms with van der Waals surface area (Å²) < 4.78 is 0. The zero-order chi connectivity index (χ0) is 12.6. The first-order chi connectivity index (χ1) is 7.99. The van der Waals surface area contributed by atoms with Crippen molar-refractivity contribution in [3.63, 3.8) is 0 Å². The second kappa shape index (κ2) is 4.64. The summed E-state index contributed by atoms with van der Waals surface area (Å²) in [6.45, 7) is 1.75. The summed E-state index contributed by atoms with van der Waals surface area (Å²) in [5, 5.41) is 10.7. The van der Waals surface area contributed by atoms with Crippen LogP contribution in [0.25, 0.3) is 11.3 Å². The fourth-order valence-electron chi connectivity index (χ4n) is 1.44. The Kier molecular flexibility index (Phi) is 3.38. The number of rotatable bonds is 2. The standard InChI is InChI=1S/C11H7Cl2NO2S/c1-5-14-9(10(17-5)11(15)16)7-3-2-6(12)4-8(7)13/h2-4H,1H3,(H,15,16). The van der Waals surface area contributed by atoms with Crippen molar-refractivity contribution < 1.29 is 9.90 Å². The molecule has 2 aromatic rings. The van der Waals surface area contributed by atoms with E-state index in [1.54, 1.807) is 25.1 Å². The lowest BCUT2D eigenvalue weighted by molar-refractivity contribution is 0.0702. The largest absolute Gasteiger partial charge is 0.477 e. The number of benzene rings is 1. The first kappa shape index (κ1) is 12.4. The van der Waals surface area contributed by atoms with E-state index >= 15 is 0 Å². The van der Waals surface area contributed by atoms with Crippen LogP contribution >= 0.6 is 34.5 Å². The highest BCUT2D eigenvalue weighted by Gasteiger charge is 2.19.